The third-order valence-corrected chi connectivity index (χ3v) is 3.09. The Hall–Kier alpha value is -0.810. The number of carbonyl (C=O) groups is 1. The standard InChI is InChI=1S/C13H27N3O2/c1-11(2)14-13(17)16(8-7-15(3)4)12-5-9-18-10-6-12/h11-12H,5-10H2,1-4H3,(H,14,17). The molecule has 5 heteroatoms. The molecule has 1 fully saturated rings. The predicted octanol–water partition coefficient (Wildman–Crippen LogP) is 1.15. The summed E-state index contributed by atoms with van der Waals surface area (Å²) >= 11 is 0. The maximum atomic E-state index is 12.2. The van der Waals surface area contributed by atoms with E-state index in [1.165, 1.54) is 0 Å². The first-order chi connectivity index (χ1) is 8.50. The van der Waals surface area contributed by atoms with Gasteiger partial charge >= 0.3 is 6.03 Å². The minimum absolute atomic E-state index is 0.0544. The molecule has 0 spiro atoms. The molecule has 1 N–H and O–H groups in total. The lowest BCUT2D eigenvalue weighted by atomic mass is 10.1. The van der Waals surface area contributed by atoms with Gasteiger partial charge in [-0.25, -0.2) is 4.79 Å². The van der Waals surface area contributed by atoms with Crippen LogP contribution in [0.4, 0.5) is 4.79 Å². The highest BCUT2D eigenvalue weighted by Crippen LogP contribution is 2.14. The molecule has 0 saturated carbocycles. The van der Waals surface area contributed by atoms with Crippen LogP contribution in [0, 0.1) is 0 Å². The molecule has 0 radical (unpaired) electrons. The van der Waals surface area contributed by atoms with E-state index in [4.69, 9.17) is 4.74 Å². The smallest absolute Gasteiger partial charge is 0.317 e. The second kappa shape index (κ2) is 7.59. The Labute approximate surface area is 110 Å². The maximum Gasteiger partial charge on any atom is 0.317 e. The van der Waals surface area contributed by atoms with Crippen LogP contribution in [-0.4, -0.2) is 68.3 Å². The van der Waals surface area contributed by atoms with Crippen molar-refractivity contribution >= 4 is 6.03 Å². The molecule has 2 amide bonds. The van der Waals surface area contributed by atoms with E-state index in [-0.39, 0.29) is 12.1 Å². The molecule has 0 atom stereocenters. The topological polar surface area (TPSA) is 44.8 Å². The fourth-order valence-corrected chi connectivity index (χ4v) is 2.08. The van der Waals surface area contributed by atoms with Crippen LogP contribution in [0.25, 0.3) is 0 Å². The molecule has 1 aliphatic rings. The molecule has 0 unspecified atom stereocenters. The molecular weight excluding hydrogens is 230 g/mol. The molecule has 0 aromatic rings. The molecule has 1 aliphatic heterocycles. The van der Waals surface area contributed by atoms with Gasteiger partial charge in [-0.2, -0.15) is 0 Å². The first-order valence-electron chi connectivity index (χ1n) is 6.80. The van der Waals surface area contributed by atoms with Crippen molar-refractivity contribution in [1.82, 2.24) is 15.1 Å². The predicted molar refractivity (Wildman–Crippen MR) is 72.8 cm³/mol. The number of urea groups is 1. The number of likely N-dealkylation sites (N-methyl/N-ethyl adjacent to an activating group) is 1. The summed E-state index contributed by atoms with van der Waals surface area (Å²) in [5.41, 5.74) is 0. The Morgan fingerprint density at radius 2 is 1.89 bits per heavy atom. The molecule has 0 aromatic carbocycles. The van der Waals surface area contributed by atoms with Gasteiger partial charge in [0.25, 0.3) is 0 Å². The summed E-state index contributed by atoms with van der Waals surface area (Å²) < 4.78 is 5.37. The molecule has 18 heavy (non-hydrogen) atoms. The Morgan fingerprint density at radius 3 is 2.39 bits per heavy atom. The largest absolute Gasteiger partial charge is 0.381 e. The average Bonchev–Trinajstić information content (AvgIpc) is 2.29. The summed E-state index contributed by atoms with van der Waals surface area (Å²) in [6.07, 6.45) is 1.89. The van der Waals surface area contributed by atoms with E-state index in [1.54, 1.807) is 0 Å². The van der Waals surface area contributed by atoms with Crippen LogP contribution in [0.3, 0.4) is 0 Å². The lowest BCUT2D eigenvalue weighted by Crippen LogP contribution is -2.51. The fourth-order valence-electron chi connectivity index (χ4n) is 2.08. The summed E-state index contributed by atoms with van der Waals surface area (Å²) in [5, 5.41) is 2.99. The van der Waals surface area contributed by atoms with Crippen LogP contribution >= 0.6 is 0 Å². The van der Waals surface area contributed by atoms with Crippen molar-refractivity contribution in [2.75, 3.05) is 40.4 Å². The van der Waals surface area contributed by atoms with E-state index in [9.17, 15) is 4.79 Å². The number of amides is 2. The highest BCUT2D eigenvalue weighted by atomic mass is 16.5. The van der Waals surface area contributed by atoms with Crippen molar-refractivity contribution in [3.8, 4) is 0 Å². The zero-order chi connectivity index (χ0) is 13.5. The maximum absolute atomic E-state index is 12.2. The van der Waals surface area contributed by atoms with Gasteiger partial charge in [0.05, 0.1) is 0 Å². The Balaban J connectivity index is 2.57. The Bertz CT molecular complexity index is 251. The number of nitrogens with zero attached hydrogens (tertiary/aromatic N) is 2. The van der Waals surface area contributed by atoms with Crippen LogP contribution < -0.4 is 5.32 Å². The lowest BCUT2D eigenvalue weighted by molar-refractivity contribution is 0.0440. The summed E-state index contributed by atoms with van der Waals surface area (Å²) in [7, 11) is 4.06. The van der Waals surface area contributed by atoms with Gasteiger partial charge < -0.3 is 19.9 Å². The molecule has 0 aromatic heterocycles. The van der Waals surface area contributed by atoms with Crippen molar-refractivity contribution in [2.24, 2.45) is 0 Å². The zero-order valence-corrected chi connectivity index (χ0v) is 12.1. The summed E-state index contributed by atoms with van der Waals surface area (Å²) in [6, 6.07) is 0.551. The van der Waals surface area contributed by atoms with Crippen LogP contribution in [0.2, 0.25) is 0 Å². The molecular formula is C13H27N3O2. The van der Waals surface area contributed by atoms with Gasteiger partial charge in [0, 0.05) is 38.4 Å². The number of carbonyl (C=O) groups excluding carboxylic acids is 1. The second-order valence-electron chi connectivity index (χ2n) is 5.44. The van der Waals surface area contributed by atoms with Crippen molar-refractivity contribution in [1.29, 1.82) is 0 Å². The molecule has 0 aliphatic carbocycles. The third kappa shape index (κ3) is 5.23. The van der Waals surface area contributed by atoms with Gasteiger partial charge in [0.2, 0.25) is 0 Å². The highest BCUT2D eigenvalue weighted by molar-refractivity contribution is 5.74. The van der Waals surface area contributed by atoms with Crippen LogP contribution in [0.1, 0.15) is 26.7 Å². The first kappa shape index (κ1) is 15.2. The van der Waals surface area contributed by atoms with Crippen molar-refractivity contribution in [3.63, 3.8) is 0 Å². The quantitative estimate of drug-likeness (QED) is 0.803. The number of nitrogens with one attached hydrogen (secondary N) is 1. The molecule has 5 nitrogen and oxygen atoms in total. The molecule has 1 saturated heterocycles. The summed E-state index contributed by atoms with van der Waals surface area (Å²) in [6.45, 7) is 7.17. The van der Waals surface area contributed by atoms with E-state index in [2.05, 4.69) is 10.2 Å². The van der Waals surface area contributed by atoms with Crippen LogP contribution in [0.15, 0.2) is 0 Å². The van der Waals surface area contributed by atoms with Gasteiger partial charge in [-0.05, 0) is 40.8 Å². The third-order valence-electron chi connectivity index (χ3n) is 3.09. The monoisotopic (exact) mass is 257 g/mol. The van der Waals surface area contributed by atoms with E-state index in [1.807, 2.05) is 32.8 Å². The normalized spacial score (nSPS) is 17.2. The number of hydrogen-bond donors (Lipinski definition) is 1. The van der Waals surface area contributed by atoms with Crippen LogP contribution in [-0.2, 0) is 4.74 Å². The minimum atomic E-state index is 0.0544. The van der Waals surface area contributed by atoms with Crippen LogP contribution in [0.5, 0.6) is 0 Å². The van der Waals surface area contributed by atoms with E-state index >= 15 is 0 Å². The molecule has 1 rings (SSSR count). The SMILES string of the molecule is CC(C)NC(=O)N(CCN(C)C)C1CCOCC1. The summed E-state index contributed by atoms with van der Waals surface area (Å²) in [4.78, 5) is 16.3. The van der Waals surface area contributed by atoms with Gasteiger partial charge in [-0.3, -0.25) is 0 Å². The van der Waals surface area contributed by atoms with E-state index in [0.717, 1.165) is 39.1 Å². The summed E-state index contributed by atoms with van der Waals surface area (Å²) in [5.74, 6) is 0. The van der Waals surface area contributed by atoms with E-state index in [0.29, 0.717) is 6.04 Å². The number of hydrogen-bond acceptors (Lipinski definition) is 3. The Kier molecular flexibility index (Phi) is 6.43. The number of ether oxygens (including phenoxy) is 1. The zero-order valence-electron chi connectivity index (χ0n) is 12.1. The first-order valence-corrected chi connectivity index (χ1v) is 6.80. The average molecular weight is 257 g/mol. The van der Waals surface area contributed by atoms with E-state index < -0.39 is 0 Å². The molecule has 1 heterocycles. The molecule has 106 valence electrons. The van der Waals surface area contributed by atoms with Crippen molar-refractivity contribution in [3.05, 3.63) is 0 Å². The fraction of sp³-hybridized carbons (Fsp3) is 0.923. The van der Waals surface area contributed by atoms with Gasteiger partial charge in [-0.1, -0.05) is 0 Å². The second-order valence-corrected chi connectivity index (χ2v) is 5.44. The van der Waals surface area contributed by atoms with Gasteiger partial charge in [-0.15, -0.1) is 0 Å². The number of rotatable bonds is 5. The van der Waals surface area contributed by atoms with Crippen molar-refractivity contribution < 1.29 is 9.53 Å². The van der Waals surface area contributed by atoms with Gasteiger partial charge in [0.1, 0.15) is 0 Å². The lowest BCUT2D eigenvalue weighted by Gasteiger charge is -2.35. The Morgan fingerprint density at radius 1 is 1.28 bits per heavy atom. The van der Waals surface area contributed by atoms with Gasteiger partial charge in [0.15, 0.2) is 0 Å². The van der Waals surface area contributed by atoms with Crippen molar-refractivity contribution in [2.45, 2.75) is 38.8 Å². The molecule has 0 bridgehead atoms. The minimum Gasteiger partial charge on any atom is -0.381 e. The highest BCUT2D eigenvalue weighted by Gasteiger charge is 2.25.